The fourth-order valence-corrected chi connectivity index (χ4v) is 2.34. The standard InChI is InChI=1S/C17H21N/c1-12-7-6-8-16(10-12)18(5)17-11-13(2)9-14(3)15(17)4/h6-11H,1-5H3. The van der Waals surface area contributed by atoms with Crippen molar-refractivity contribution in [3.05, 3.63) is 58.7 Å². The molecule has 2 aromatic rings. The van der Waals surface area contributed by atoms with Crippen LogP contribution in [0.2, 0.25) is 0 Å². The second kappa shape index (κ2) is 4.85. The number of hydrogen-bond acceptors (Lipinski definition) is 1. The molecule has 0 bridgehead atoms. The van der Waals surface area contributed by atoms with E-state index in [1.54, 1.807) is 0 Å². The first-order valence-electron chi connectivity index (χ1n) is 6.37. The fourth-order valence-electron chi connectivity index (χ4n) is 2.34. The summed E-state index contributed by atoms with van der Waals surface area (Å²) in [7, 11) is 2.13. The maximum Gasteiger partial charge on any atom is 0.0443 e. The maximum atomic E-state index is 2.27. The predicted molar refractivity (Wildman–Crippen MR) is 79.9 cm³/mol. The van der Waals surface area contributed by atoms with Crippen LogP contribution in [0.1, 0.15) is 22.3 Å². The van der Waals surface area contributed by atoms with Crippen LogP contribution in [0.4, 0.5) is 11.4 Å². The zero-order chi connectivity index (χ0) is 13.3. The van der Waals surface area contributed by atoms with Crippen LogP contribution in [0.5, 0.6) is 0 Å². The Hall–Kier alpha value is -1.76. The highest BCUT2D eigenvalue weighted by molar-refractivity contribution is 5.68. The smallest absolute Gasteiger partial charge is 0.0443 e. The van der Waals surface area contributed by atoms with Gasteiger partial charge >= 0.3 is 0 Å². The molecule has 0 saturated carbocycles. The van der Waals surface area contributed by atoms with Crippen LogP contribution < -0.4 is 4.90 Å². The van der Waals surface area contributed by atoms with Gasteiger partial charge in [-0.15, -0.1) is 0 Å². The highest BCUT2D eigenvalue weighted by atomic mass is 15.1. The van der Waals surface area contributed by atoms with Crippen molar-refractivity contribution in [3.8, 4) is 0 Å². The van der Waals surface area contributed by atoms with Crippen LogP contribution in [0, 0.1) is 27.7 Å². The molecule has 0 heterocycles. The van der Waals surface area contributed by atoms with Gasteiger partial charge in [-0.1, -0.05) is 18.2 Å². The normalized spacial score (nSPS) is 10.5. The molecule has 0 N–H and O–H groups in total. The molecule has 0 radical (unpaired) electrons. The van der Waals surface area contributed by atoms with E-state index in [4.69, 9.17) is 0 Å². The molecule has 0 aliphatic heterocycles. The minimum absolute atomic E-state index is 1.24. The molecule has 2 rings (SSSR count). The first kappa shape index (κ1) is 12.7. The zero-order valence-corrected chi connectivity index (χ0v) is 11.9. The van der Waals surface area contributed by atoms with Gasteiger partial charge < -0.3 is 4.90 Å². The van der Waals surface area contributed by atoms with Gasteiger partial charge in [-0.2, -0.15) is 0 Å². The third kappa shape index (κ3) is 2.40. The number of benzene rings is 2. The van der Waals surface area contributed by atoms with E-state index in [0.29, 0.717) is 0 Å². The van der Waals surface area contributed by atoms with Gasteiger partial charge in [0.15, 0.2) is 0 Å². The van der Waals surface area contributed by atoms with Gasteiger partial charge in [-0.3, -0.25) is 0 Å². The van der Waals surface area contributed by atoms with E-state index in [0.717, 1.165) is 0 Å². The number of anilines is 2. The number of nitrogens with zero attached hydrogens (tertiary/aromatic N) is 1. The average Bonchev–Trinajstić information content (AvgIpc) is 2.33. The quantitative estimate of drug-likeness (QED) is 0.735. The third-order valence-corrected chi connectivity index (χ3v) is 3.53. The van der Waals surface area contributed by atoms with Crippen LogP contribution in [0.3, 0.4) is 0 Å². The van der Waals surface area contributed by atoms with Gasteiger partial charge in [0.1, 0.15) is 0 Å². The van der Waals surface area contributed by atoms with Crippen molar-refractivity contribution in [2.45, 2.75) is 27.7 Å². The Labute approximate surface area is 110 Å². The lowest BCUT2D eigenvalue weighted by atomic mass is 10.0. The van der Waals surface area contributed by atoms with Crippen molar-refractivity contribution in [1.82, 2.24) is 0 Å². The van der Waals surface area contributed by atoms with Gasteiger partial charge in [0.25, 0.3) is 0 Å². The summed E-state index contributed by atoms with van der Waals surface area (Å²) in [6.07, 6.45) is 0. The largest absolute Gasteiger partial charge is 0.344 e. The van der Waals surface area contributed by atoms with E-state index in [1.165, 1.54) is 33.6 Å². The number of rotatable bonds is 2. The lowest BCUT2D eigenvalue weighted by Crippen LogP contribution is -2.11. The van der Waals surface area contributed by atoms with Crippen molar-refractivity contribution in [2.24, 2.45) is 0 Å². The van der Waals surface area contributed by atoms with Gasteiger partial charge in [0.2, 0.25) is 0 Å². The van der Waals surface area contributed by atoms with E-state index in [1.807, 2.05) is 0 Å². The van der Waals surface area contributed by atoms with Gasteiger partial charge in [0.05, 0.1) is 0 Å². The van der Waals surface area contributed by atoms with Crippen LogP contribution in [-0.2, 0) is 0 Å². The molecule has 0 aliphatic carbocycles. The van der Waals surface area contributed by atoms with E-state index in [9.17, 15) is 0 Å². The van der Waals surface area contributed by atoms with Crippen molar-refractivity contribution < 1.29 is 0 Å². The van der Waals surface area contributed by atoms with Crippen molar-refractivity contribution in [3.63, 3.8) is 0 Å². The predicted octanol–water partition coefficient (Wildman–Crippen LogP) is 4.69. The van der Waals surface area contributed by atoms with Gasteiger partial charge in [-0.25, -0.2) is 0 Å². The van der Waals surface area contributed by atoms with Gasteiger partial charge in [-0.05, 0) is 68.1 Å². The Kier molecular flexibility index (Phi) is 3.42. The minimum atomic E-state index is 1.24. The summed E-state index contributed by atoms with van der Waals surface area (Å²) in [4.78, 5) is 2.27. The first-order valence-corrected chi connectivity index (χ1v) is 6.37. The number of hydrogen-bond donors (Lipinski definition) is 0. The molecule has 94 valence electrons. The van der Waals surface area contributed by atoms with Crippen LogP contribution in [0.15, 0.2) is 36.4 Å². The average molecular weight is 239 g/mol. The van der Waals surface area contributed by atoms with Crippen molar-refractivity contribution in [2.75, 3.05) is 11.9 Å². The summed E-state index contributed by atoms with van der Waals surface area (Å²) in [5.41, 5.74) is 7.84. The second-order valence-corrected chi connectivity index (χ2v) is 5.12. The highest BCUT2D eigenvalue weighted by Crippen LogP contribution is 2.30. The van der Waals surface area contributed by atoms with Crippen LogP contribution >= 0.6 is 0 Å². The molecule has 1 heteroatoms. The van der Waals surface area contributed by atoms with Crippen LogP contribution in [-0.4, -0.2) is 7.05 Å². The van der Waals surface area contributed by atoms with E-state index >= 15 is 0 Å². The fraction of sp³-hybridized carbons (Fsp3) is 0.294. The van der Waals surface area contributed by atoms with E-state index < -0.39 is 0 Å². The Morgan fingerprint density at radius 3 is 2.22 bits per heavy atom. The monoisotopic (exact) mass is 239 g/mol. The summed E-state index contributed by atoms with van der Waals surface area (Å²) in [5, 5.41) is 0. The molecule has 0 atom stereocenters. The second-order valence-electron chi connectivity index (χ2n) is 5.12. The van der Waals surface area contributed by atoms with Gasteiger partial charge in [0, 0.05) is 18.4 Å². The molecule has 0 spiro atoms. The summed E-state index contributed by atoms with van der Waals surface area (Å²) < 4.78 is 0. The maximum absolute atomic E-state index is 2.27. The van der Waals surface area contributed by atoms with E-state index in [2.05, 4.69) is 76.0 Å². The summed E-state index contributed by atoms with van der Waals surface area (Å²) >= 11 is 0. The summed E-state index contributed by atoms with van der Waals surface area (Å²) in [6.45, 7) is 8.65. The Bertz CT molecular complexity index is 570. The molecule has 0 unspecified atom stereocenters. The first-order chi connectivity index (χ1) is 8.49. The molecular weight excluding hydrogens is 218 g/mol. The molecule has 2 aromatic carbocycles. The minimum Gasteiger partial charge on any atom is -0.344 e. The Morgan fingerprint density at radius 1 is 0.833 bits per heavy atom. The third-order valence-electron chi connectivity index (χ3n) is 3.53. The molecular formula is C17H21N. The molecule has 0 saturated heterocycles. The topological polar surface area (TPSA) is 3.24 Å². The Morgan fingerprint density at radius 2 is 1.56 bits per heavy atom. The molecule has 0 aromatic heterocycles. The number of aryl methyl sites for hydroxylation is 3. The summed E-state index contributed by atoms with van der Waals surface area (Å²) in [5.74, 6) is 0. The lowest BCUT2D eigenvalue weighted by Gasteiger charge is -2.23. The molecule has 0 amide bonds. The molecule has 0 aliphatic rings. The highest BCUT2D eigenvalue weighted by Gasteiger charge is 2.09. The summed E-state index contributed by atoms with van der Waals surface area (Å²) in [6, 6.07) is 13.1. The Balaban J connectivity index is 2.49. The van der Waals surface area contributed by atoms with E-state index in [-0.39, 0.29) is 0 Å². The SMILES string of the molecule is Cc1cccc(N(C)c2cc(C)cc(C)c2C)c1. The molecule has 1 nitrogen and oxygen atoms in total. The van der Waals surface area contributed by atoms with Crippen molar-refractivity contribution in [1.29, 1.82) is 0 Å². The lowest BCUT2D eigenvalue weighted by molar-refractivity contribution is 1.15. The van der Waals surface area contributed by atoms with Crippen LogP contribution in [0.25, 0.3) is 0 Å². The molecule has 18 heavy (non-hydrogen) atoms. The van der Waals surface area contributed by atoms with Crippen molar-refractivity contribution >= 4 is 11.4 Å². The molecule has 0 fully saturated rings. The zero-order valence-electron chi connectivity index (χ0n) is 11.9.